The minimum atomic E-state index is -0.947. The van der Waals surface area contributed by atoms with Gasteiger partial charge in [-0.3, -0.25) is 9.59 Å². The Balaban J connectivity index is 2.08. The van der Waals surface area contributed by atoms with Crippen molar-refractivity contribution in [2.24, 2.45) is 0 Å². The third-order valence-corrected chi connectivity index (χ3v) is 7.99. The standard InChI is InChI=1S/C39H53N3O4/c1-8-9-10-11-12-18-25-42(37(44)34(27-31-20-14-13-15-21-31)41-38(45)46-39(5,6)7)35(32-24-23-28(2)26-30(32)4)36(43)40-33-22-17-16-19-29(33)3/h13-17,19-24,26,34-35H,8-12,18,25,27H2,1-7H3,(H,40,43)(H,41,45). The molecule has 0 heterocycles. The minimum absolute atomic E-state index is 0.255. The number of hydrogen-bond acceptors (Lipinski definition) is 4. The predicted molar refractivity (Wildman–Crippen MR) is 187 cm³/mol. The molecule has 0 saturated heterocycles. The van der Waals surface area contributed by atoms with Crippen molar-refractivity contribution < 1.29 is 19.1 Å². The van der Waals surface area contributed by atoms with E-state index in [-0.39, 0.29) is 18.2 Å². The van der Waals surface area contributed by atoms with E-state index in [2.05, 4.69) is 17.6 Å². The van der Waals surface area contributed by atoms with Crippen molar-refractivity contribution >= 4 is 23.6 Å². The molecule has 3 aromatic carbocycles. The molecule has 0 bridgehead atoms. The van der Waals surface area contributed by atoms with E-state index in [0.717, 1.165) is 59.9 Å². The summed E-state index contributed by atoms with van der Waals surface area (Å²) in [6.45, 7) is 13.9. The van der Waals surface area contributed by atoms with E-state index in [4.69, 9.17) is 4.74 Å². The molecule has 3 aromatic rings. The number of ether oxygens (including phenoxy) is 1. The molecule has 0 aliphatic rings. The van der Waals surface area contributed by atoms with Gasteiger partial charge in [-0.25, -0.2) is 4.79 Å². The van der Waals surface area contributed by atoms with Gasteiger partial charge in [-0.05, 0) is 76.3 Å². The van der Waals surface area contributed by atoms with Crippen molar-refractivity contribution in [2.45, 2.75) is 111 Å². The molecular weight excluding hydrogens is 574 g/mol. The monoisotopic (exact) mass is 627 g/mol. The Hall–Kier alpha value is -4.13. The van der Waals surface area contributed by atoms with Gasteiger partial charge in [0.1, 0.15) is 17.7 Å². The summed E-state index contributed by atoms with van der Waals surface area (Å²) in [6.07, 6.45) is 5.77. The number of carbonyl (C=O) groups is 3. The molecule has 248 valence electrons. The van der Waals surface area contributed by atoms with E-state index in [1.807, 2.05) is 93.6 Å². The molecule has 7 nitrogen and oxygen atoms in total. The number of rotatable bonds is 15. The molecule has 0 aromatic heterocycles. The van der Waals surface area contributed by atoms with Gasteiger partial charge < -0.3 is 20.3 Å². The first-order chi connectivity index (χ1) is 21.9. The summed E-state index contributed by atoms with van der Waals surface area (Å²) >= 11 is 0. The maximum absolute atomic E-state index is 14.8. The van der Waals surface area contributed by atoms with E-state index in [9.17, 15) is 14.4 Å². The number of anilines is 1. The Morgan fingerprint density at radius 2 is 1.46 bits per heavy atom. The summed E-state index contributed by atoms with van der Waals surface area (Å²) < 4.78 is 5.59. The lowest BCUT2D eigenvalue weighted by Gasteiger charge is -2.35. The molecular formula is C39H53N3O4. The van der Waals surface area contributed by atoms with Gasteiger partial charge in [0.15, 0.2) is 0 Å². The summed E-state index contributed by atoms with van der Waals surface area (Å²) in [7, 11) is 0. The smallest absolute Gasteiger partial charge is 0.408 e. The molecule has 2 N–H and O–H groups in total. The van der Waals surface area contributed by atoms with Crippen LogP contribution in [0.5, 0.6) is 0 Å². The van der Waals surface area contributed by atoms with Crippen LogP contribution in [-0.2, 0) is 20.7 Å². The van der Waals surface area contributed by atoms with Crippen LogP contribution in [0.3, 0.4) is 0 Å². The predicted octanol–water partition coefficient (Wildman–Crippen LogP) is 8.62. The number of alkyl carbamates (subject to hydrolysis) is 1. The highest BCUT2D eigenvalue weighted by molar-refractivity contribution is 5.99. The van der Waals surface area contributed by atoms with Gasteiger partial charge >= 0.3 is 6.09 Å². The molecule has 2 unspecified atom stereocenters. The topological polar surface area (TPSA) is 87.7 Å². The van der Waals surface area contributed by atoms with Crippen molar-refractivity contribution in [1.29, 1.82) is 0 Å². The Morgan fingerprint density at radius 1 is 0.804 bits per heavy atom. The summed E-state index contributed by atoms with van der Waals surface area (Å²) in [6, 6.07) is 21.3. The lowest BCUT2D eigenvalue weighted by molar-refractivity contribution is -0.140. The van der Waals surface area contributed by atoms with Gasteiger partial charge in [0.05, 0.1) is 0 Å². The molecule has 46 heavy (non-hydrogen) atoms. The Bertz CT molecular complexity index is 1430. The van der Waals surface area contributed by atoms with E-state index >= 15 is 0 Å². The fraction of sp³-hybridized carbons (Fsp3) is 0.462. The zero-order chi connectivity index (χ0) is 33.7. The zero-order valence-corrected chi connectivity index (χ0v) is 28.8. The van der Waals surface area contributed by atoms with Gasteiger partial charge in [0, 0.05) is 18.7 Å². The number of unbranched alkanes of at least 4 members (excludes halogenated alkanes) is 5. The van der Waals surface area contributed by atoms with Crippen molar-refractivity contribution in [1.82, 2.24) is 10.2 Å². The number of hydrogen-bond donors (Lipinski definition) is 2. The number of nitrogens with zero attached hydrogens (tertiary/aromatic N) is 1. The molecule has 3 amide bonds. The van der Waals surface area contributed by atoms with Gasteiger partial charge in [0.2, 0.25) is 5.91 Å². The SMILES string of the molecule is CCCCCCCCN(C(=O)C(Cc1ccccc1)NC(=O)OC(C)(C)C)C(C(=O)Nc1ccccc1C)c1ccc(C)cc1C. The van der Waals surface area contributed by atoms with Crippen molar-refractivity contribution in [3.8, 4) is 0 Å². The Morgan fingerprint density at radius 3 is 2.11 bits per heavy atom. The second kappa shape index (κ2) is 17.5. The van der Waals surface area contributed by atoms with Crippen LogP contribution in [0.2, 0.25) is 0 Å². The number of amides is 3. The molecule has 0 saturated carbocycles. The van der Waals surface area contributed by atoms with Crippen LogP contribution in [0, 0.1) is 20.8 Å². The summed E-state index contributed by atoms with van der Waals surface area (Å²) in [4.78, 5) is 44.0. The Labute approximate surface area is 276 Å². The van der Waals surface area contributed by atoms with E-state index in [0.29, 0.717) is 12.2 Å². The first-order valence-corrected chi connectivity index (χ1v) is 16.7. The first kappa shape index (κ1) is 36.3. The largest absolute Gasteiger partial charge is 0.444 e. The van der Waals surface area contributed by atoms with E-state index < -0.39 is 23.8 Å². The van der Waals surface area contributed by atoms with Crippen molar-refractivity contribution in [3.63, 3.8) is 0 Å². The molecule has 0 radical (unpaired) electrons. The quantitative estimate of drug-likeness (QED) is 0.165. The maximum Gasteiger partial charge on any atom is 0.408 e. The van der Waals surface area contributed by atoms with Crippen LogP contribution in [0.15, 0.2) is 72.8 Å². The highest BCUT2D eigenvalue weighted by Gasteiger charge is 2.37. The molecule has 3 rings (SSSR count). The van der Waals surface area contributed by atoms with Crippen molar-refractivity contribution in [2.75, 3.05) is 11.9 Å². The lowest BCUT2D eigenvalue weighted by Crippen LogP contribution is -2.53. The highest BCUT2D eigenvalue weighted by Crippen LogP contribution is 2.29. The first-order valence-electron chi connectivity index (χ1n) is 16.7. The number of benzene rings is 3. The third kappa shape index (κ3) is 11.3. The zero-order valence-electron chi connectivity index (χ0n) is 28.8. The lowest BCUT2D eigenvalue weighted by atomic mass is 9.95. The van der Waals surface area contributed by atoms with Crippen LogP contribution in [0.25, 0.3) is 0 Å². The van der Waals surface area contributed by atoms with Gasteiger partial charge in [0.25, 0.3) is 5.91 Å². The Kier molecular flexibility index (Phi) is 13.9. The fourth-order valence-corrected chi connectivity index (χ4v) is 5.63. The second-order valence-electron chi connectivity index (χ2n) is 13.3. The summed E-state index contributed by atoms with van der Waals surface area (Å²) in [5.41, 5.74) is 4.53. The maximum atomic E-state index is 14.8. The highest BCUT2D eigenvalue weighted by atomic mass is 16.6. The van der Waals surface area contributed by atoms with Crippen LogP contribution in [0.4, 0.5) is 10.5 Å². The molecule has 0 aliphatic heterocycles. The number of aryl methyl sites for hydroxylation is 3. The van der Waals surface area contributed by atoms with Crippen LogP contribution < -0.4 is 10.6 Å². The van der Waals surface area contributed by atoms with Crippen LogP contribution >= 0.6 is 0 Å². The molecule has 0 fully saturated rings. The van der Waals surface area contributed by atoms with E-state index in [1.165, 1.54) is 6.42 Å². The number of nitrogens with one attached hydrogen (secondary N) is 2. The second-order valence-corrected chi connectivity index (χ2v) is 13.3. The fourth-order valence-electron chi connectivity index (χ4n) is 5.63. The normalized spacial score (nSPS) is 12.6. The van der Waals surface area contributed by atoms with Gasteiger partial charge in [-0.1, -0.05) is 111 Å². The molecule has 7 heteroatoms. The molecule has 2 atom stereocenters. The van der Waals surface area contributed by atoms with Gasteiger partial charge in [-0.15, -0.1) is 0 Å². The van der Waals surface area contributed by atoms with Crippen LogP contribution in [0.1, 0.15) is 100 Å². The van der Waals surface area contributed by atoms with E-state index in [1.54, 1.807) is 25.7 Å². The number of carbonyl (C=O) groups excluding carboxylic acids is 3. The summed E-state index contributed by atoms with van der Waals surface area (Å²) in [5, 5.41) is 5.98. The minimum Gasteiger partial charge on any atom is -0.444 e. The molecule has 0 spiro atoms. The molecule has 0 aliphatic carbocycles. The van der Waals surface area contributed by atoms with Crippen molar-refractivity contribution in [3.05, 3.63) is 101 Å². The third-order valence-electron chi connectivity index (χ3n) is 7.99. The van der Waals surface area contributed by atoms with Gasteiger partial charge in [-0.2, -0.15) is 0 Å². The average molecular weight is 628 g/mol. The van der Waals surface area contributed by atoms with Crippen LogP contribution in [-0.4, -0.2) is 41.0 Å². The average Bonchev–Trinajstić information content (AvgIpc) is 2.99. The summed E-state index contributed by atoms with van der Waals surface area (Å²) in [5.74, 6) is -0.621. The number of para-hydroxylation sites is 1.